The van der Waals surface area contributed by atoms with Gasteiger partial charge in [0.05, 0.1) is 12.7 Å². The van der Waals surface area contributed by atoms with E-state index in [9.17, 15) is 0 Å². The first-order valence-corrected chi connectivity index (χ1v) is 19.1. The maximum atomic E-state index is 4.98. The molecule has 0 saturated carbocycles. The first kappa shape index (κ1) is 49.1. The highest BCUT2D eigenvalue weighted by atomic mass is 16.6. The number of nitrogens with zero attached hydrogens (tertiary/aromatic N) is 9. The van der Waals surface area contributed by atoms with Crippen LogP contribution in [0.1, 0.15) is 166 Å². The van der Waals surface area contributed by atoms with Gasteiger partial charge < -0.3 is 9.36 Å². The predicted molar refractivity (Wildman–Crippen MR) is 221 cm³/mol. The maximum absolute atomic E-state index is 4.98. The van der Waals surface area contributed by atoms with Crippen molar-refractivity contribution in [2.24, 2.45) is 10.6 Å². The van der Waals surface area contributed by atoms with Crippen LogP contribution in [0, 0.1) is 12.3 Å². The third kappa shape index (κ3) is 21.4. The molecule has 300 valence electrons. The van der Waals surface area contributed by atoms with E-state index in [1.807, 2.05) is 31.6 Å². The molecule has 0 spiro atoms. The normalized spacial score (nSPS) is 12.0. The molecule has 11 nitrogen and oxygen atoms in total. The van der Waals surface area contributed by atoms with Crippen LogP contribution in [0.4, 0.5) is 0 Å². The quantitative estimate of drug-likeness (QED) is 0.147. The lowest BCUT2D eigenvalue weighted by atomic mass is 9.87. The Balaban J connectivity index is 0.000000639. The molecule has 0 N–H and O–H groups in total. The fourth-order valence-corrected chi connectivity index (χ4v) is 3.63. The monoisotopic (exact) mass is 738 g/mol. The van der Waals surface area contributed by atoms with Crippen LogP contribution in [0.25, 0.3) is 0 Å². The molecule has 0 fully saturated rings. The summed E-state index contributed by atoms with van der Waals surface area (Å²) in [6.45, 7) is 44.5. The number of benzene rings is 1. The number of hydrogen-bond donors (Lipinski definition) is 0. The maximum Gasteiger partial charge on any atom is 0.226 e. The van der Waals surface area contributed by atoms with Crippen LogP contribution >= 0.6 is 0 Å². The average molecular weight is 738 g/mol. The van der Waals surface area contributed by atoms with E-state index in [4.69, 9.17) is 9.36 Å². The largest absolute Gasteiger partial charge is 0.396 e. The van der Waals surface area contributed by atoms with E-state index in [0.29, 0.717) is 6.61 Å². The van der Waals surface area contributed by atoms with Gasteiger partial charge in [0, 0.05) is 41.6 Å². The molecule has 0 aliphatic carbocycles. The minimum absolute atomic E-state index is 0.00306. The summed E-state index contributed by atoms with van der Waals surface area (Å²) in [7, 11) is 0. The molecule has 0 aliphatic heterocycles. The Bertz CT molecular complexity index is 1440. The number of aryl methyl sites for hydroxylation is 4. The predicted octanol–water partition coefficient (Wildman–Crippen LogP) is 10.5. The van der Waals surface area contributed by atoms with E-state index in [1.54, 1.807) is 11.0 Å². The molecular weight excluding hydrogens is 663 g/mol. The zero-order valence-electron chi connectivity index (χ0n) is 37.2. The molecule has 11 heteroatoms. The number of hydrogen-bond acceptors (Lipinski definition) is 9. The van der Waals surface area contributed by atoms with Crippen LogP contribution in [0.5, 0.6) is 0 Å². The van der Waals surface area contributed by atoms with Gasteiger partial charge in [0.1, 0.15) is 6.61 Å². The summed E-state index contributed by atoms with van der Waals surface area (Å²) >= 11 is 0. The minimum atomic E-state index is -0.00306. The van der Waals surface area contributed by atoms with E-state index in [0.717, 1.165) is 37.0 Å². The number of oxime groups is 1. The molecule has 3 heterocycles. The van der Waals surface area contributed by atoms with Crippen molar-refractivity contribution in [3.8, 4) is 0 Å². The highest BCUT2D eigenvalue weighted by Gasteiger charge is 2.21. The molecule has 1 aromatic carbocycles. The van der Waals surface area contributed by atoms with Crippen molar-refractivity contribution >= 4 is 6.21 Å². The van der Waals surface area contributed by atoms with Crippen LogP contribution in [0.3, 0.4) is 0 Å². The SMILES string of the molecule is CCO/N=C/C(C)(C)C.CCc1nc(C(C)(C)C)no1.CCn1cc(C(C)(C)C)cn1.CCn1nnc(C(C)(C)C)n1.Cc1ccc(C(C)(C)C)cc1. The van der Waals surface area contributed by atoms with Crippen molar-refractivity contribution in [3.63, 3.8) is 0 Å². The van der Waals surface area contributed by atoms with Gasteiger partial charge in [-0.25, -0.2) is 0 Å². The van der Waals surface area contributed by atoms with Gasteiger partial charge in [-0.1, -0.05) is 151 Å². The molecule has 0 amide bonds. The summed E-state index contributed by atoms with van der Waals surface area (Å²) in [6.07, 6.45) is 6.67. The minimum Gasteiger partial charge on any atom is -0.396 e. The molecule has 3 aromatic heterocycles. The third-order valence-corrected chi connectivity index (χ3v) is 7.23. The molecule has 4 rings (SSSR count). The van der Waals surface area contributed by atoms with E-state index >= 15 is 0 Å². The van der Waals surface area contributed by atoms with Gasteiger partial charge in [0.2, 0.25) is 5.89 Å². The van der Waals surface area contributed by atoms with Crippen molar-refractivity contribution in [2.75, 3.05) is 6.61 Å². The Labute approximate surface area is 322 Å². The fourth-order valence-electron chi connectivity index (χ4n) is 3.63. The molecule has 0 unspecified atom stereocenters. The van der Waals surface area contributed by atoms with Crippen LogP contribution in [0.15, 0.2) is 46.3 Å². The summed E-state index contributed by atoms with van der Waals surface area (Å²) in [6, 6.07) is 8.74. The fraction of sp³-hybridized carbons (Fsp3) is 0.690. The zero-order chi connectivity index (χ0) is 41.3. The molecule has 0 atom stereocenters. The van der Waals surface area contributed by atoms with Gasteiger partial charge >= 0.3 is 0 Å². The molecule has 0 saturated heterocycles. The summed E-state index contributed by atoms with van der Waals surface area (Å²) < 4.78 is 6.94. The van der Waals surface area contributed by atoms with Gasteiger partial charge in [0.25, 0.3) is 0 Å². The van der Waals surface area contributed by atoms with E-state index in [1.165, 1.54) is 16.7 Å². The lowest BCUT2D eigenvalue weighted by Crippen LogP contribution is -2.14. The van der Waals surface area contributed by atoms with Crippen molar-refractivity contribution in [1.29, 1.82) is 0 Å². The molecule has 4 aromatic rings. The summed E-state index contributed by atoms with van der Waals surface area (Å²) in [5.41, 5.74) is 4.70. The Kier molecular flexibility index (Phi) is 20.1. The van der Waals surface area contributed by atoms with Crippen molar-refractivity contribution in [3.05, 3.63) is 70.9 Å². The first-order chi connectivity index (χ1) is 24.2. The smallest absolute Gasteiger partial charge is 0.226 e. The number of aromatic nitrogens is 8. The lowest BCUT2D eigenvalue weighted by Gasteiger charge is -2.18. The summed E-state index contributed by atoms with van der Waals surface area (Å²) in [5.74, 6) is 2.31. The van der Waals surface area contributed by atoms with Crippen LogP contribution < -0.4 is 0 Å². The topological polar surface area (TPSA) is 122 Å². The van der Waals surface area contributed by atoms with E-state index < -0.39 is 0 Å². The molecule has 0 aliphatic rings. The van der Waals surface area contributed by atoms with Crippen LogP contribution in [-0.2, 0) is 46.0 Å². The second kappa shape index (κ2) is 21.7. The van der Waals surface area contributed by atoms with Crippen molar-refractivity contribution < 1.29 is 9.36 Å². The zero-order valence-corrected chi connectivity index (χ0v) is 37.2. The molecular formula is C42H75N9O2. The van der Waals surface area contributed by atoms with Crippen molar-refractivity contribution in [2.45, 2.75) is 180 Å². The van der Waals surface area contributed by atoms with E-state index in [-0.39, 0.29) is 27.1 Å². The Morgan fingerprint density at radius 2 is 1.26 bits per heavy atom. The van der Waals surface area contributed by atoms with Gasteiger partial charge in [0.15, 0.2) is 11.6 Å². The van der Waals surface area contributed by atoms with Gasteiger partial charge in [-0.2, -0.15) is 14.9 Å². The highest BCUT2D eigenvalue weighted by molar-refractivity contribution is 5.63. The van der Waals surface area contributed by atoms with Crippen molar-refractivity contribution in [1.82, 2.24) is 40.1 Å². The van der Waals surface area contributed by atoms with Gasteiger partial charge in [-0.05, 0) is 54.9 Å². The summed E-state index contributed by atoms with van der Waals surface area (Å²) in [5, 5.41) is 23.8. The molecule has 0 bridgehead atoms. The third-order valence-electron chi connectivity index (χ3n) is 7.23. The second-order valence-corrected chi connectivity index (χ2v) is 18.1. The number of tetrazole rings is 1. The second-order valence-electron chi connectivity index (χ2n) is 18.1. The lowest BCUT2D eigenvalue weighted by molar-refractivity contribution is 0.158. The van der Waals surface area contributed by atoms with Gasteiger partial charge in [-0.3, -0.25) is 4.68 Å². The van der Waals surface area contributed by atoms with E-state index in [2.05, 4.69) is 184 Å². The Morgan fingerprint density at radius 1 is 0.717 bits per heavy atom. The van der Waals surface area contributed by atoms with Gasteiger partial charge in [-0.15, -0.1) is 10.2 Å². The highest BCUT2D eigenvalue weighted by Crippen LogP contribution is 2.22. The Hall–Kier alpha value is -3.89. The average Bonchev–Trinajstić information content (AvgIpc) is 3.82. The molecule has 0 radical (unpaired) electrons. The Morgan fingerprint density at radius 3 is 1.57 bits per heavy atom. The molecule has 53 heavy (non-hydrogen) atoms. The van der Waals surface area contributed by atoms with Crippen LogP contribution in [0.2, 0.25) is 0 Å². The van der Waals surface area contributed by atoms with Crippen LogP contribution in [-0.4, -0.2) is 52.9 Å². The first-order valence-electron chi connectivity index (χ1n) is 19.1. The summed E-state index contributed by atoms with van der Waals surface area (Å²) in [4.78, 5) is 10.6. The standard InChI is InChI=1S/C11H16.C9H16N2.C8H14N2O.C7H14N4.C7H15NO/c1-9-5-7-10(8-6-9)11(2,3)4;1-5-11-7-8(6-10-11)9(2,3)4;1-5-6-9-7(10-11-6)8(2,3)4;1-5-11-9-6(8-10-11)7(2,3)4;1-5-9-8-6-7(2,3)4/h5-8H,1-4H3;6-7H,5H2,1-4H3;2*5H2,1-4H3;6H,5H2,1-4H3/b;;;;8-6+. The number of rotatable bonds is 5.